The summed E-state index contributed by atoms with van der Waals surface area (Å²) in [5.74, 6) is 0.602. The quantitative estimate of drug-likeness (QED) is 0.729. The van der Waals surface area contributed by atoms with Crippen LogP contribution >= 0.6 is 0 Å². The van der Waals surface area contributed by atoms with Crippen LogP contribution in [-0.2, 0) is 4.79 Å². The number of rotatable bonds is 4. The number of hydrogen-bond donors (Lipinski definition) is 0. The van der Waals surface area contributed by atoms with E-state index in [1.807, 2.05) is 39.0 Å². The Labute approximate surface area is 92.5 Å². The van der Waals surface area contributed by atoms with Crippen LogP contribution in [0.3, 0.4) is 0 Å². The fraction of sp³-hybridized carbons (Fsp3) is 0.500. The second kappa shape index (κ2) is 4.61. The van der Waals surface area contributed by atoms with E-state index in [1.54, 1.807) is 0 Å². The molecule has 1 nitrogen and oxygen atoms in total. The van der Waals surface area contributed by atoms with Gasteiger partial charge < -0.3 is 0 Å². The van der Waals surface area contributed by atoms with Crippen molar-refractivity contribution in [1.29, 1.82) is 0 Å². The minimum atomic E-state index is -0.268. The van der Waals surface area contributed by atoms with Crippen LogP contribution in [0.2, 0.25) is 0 Å². The van der Waals surface area contributed by atoms with Gasteiger partial charge in [-0.25, -0.2) is 0 Å². The first-order chi connectivity index (χ1) is 7.00. The monoisotopic (exact) mass is 204 g/mol. The summed E-state index contributed by atoms with van der Waals surface area (Å²) in [5.41, 5.74) is 0.972. The minimum absolute atomic E-state index is 0.268. The SMILES string of the molecule is CCC(=O)C(C)(C)[C@@H](C)c1ccccc1. The average Bonchev–Trinajstić information content (AvgIpc) is 2.28. The van der Waals surface area contributed by atoms with E-state index in [-0.39, 0.29) is 11.3 Å². The van der Waals surface area contributed by atoms with Crippen molar-refractivity contribution in [2.24, 2.45) is 5.41 Å². The Morgan fingerprint density at radius 1 is 1.27 bits per heavy atom. The molecule has 82 valence electrons. The molecule has 0 aliphatic heterocycles. The first-order valence-electron chi connectivity index (χ1n) is 5.58. The van der Waals surface area contributed by atoms with Crippen molar-refractivity contribution in [3.05, 3.63) is 35.9 Å². The molecule has 1 rings (SSSR count). The highest BCUT2D eigenvalue weighted by Crippen LogP contribution is 2.36. The zero-order valence-corrected chi connectivity index (χ0v) is 10.1. The number of benzene rings is 1. The molecule has 0 aliphatic rings. The van der Waals surface area contributed by atoms with E-state index in [2.05, 4.69) is 19.1 Å². The largest absolute Gasteiger partial charge is 0.299 e. The van der Waals surface area contributed by atoms with Gasteiger partial charge in [0.1, 0.15) is 5.78 Å². The van der Waals surface area contributed by atoms with Gasteiger partial charge in [0.05, 0.1) is 0 Å². The number of hydrogen-bond acceptors (Lipinski definition) is 1. The van der Waals surface area contributed by atoms with E-state index in [0.717, 1.165) is 0 Å². The smallest absolute Gasteiger partial charge is 0.138 e. The zero-order valence-electron chi connectivity index (χ0n) is 10.1. The molecule has 0 heterocycles. The maximum atomic E-state index is 11.8. The van der Waals surface area contributed by atoms with Gasteiger partial charge in [-0.3, -0.25) is 4.79 Å². The lowest BCUT2D eigenvalue weighted by Gasteiger charge is -2.30. The molecule has 0 saturated carbocycles. The van der Waals surface area contributed by atoms with Crippen LogP contribution in [0.1, 0.15) is 45.6 Å². The molecule has 0 bridgehead atoms. The van der Waals surface area contributed by atoms with Gasteiger partial charge in [0, 0.05) is 11.8 Å². The Hall–Kier alpha value is -1.11. The van der Waals surface area contributed by atoms with Gasteiger partial charge in [0.2, 0.25) is 0 Å². The highest BCUT2D eigenvalue weighted by Gasteiger charge is 2.32. The average molecular weight is 204 g/mol. The molecule has 0 unspecified atom stereocenters. The van der Waals surface area contributed by atoms with Crippen LogP contribution < -0.4 is 0 Å². The lowest BCUT2D eigenvalue weighted by molar-refractivity contribution is -0.127. The lowest BCUT2D eigenvalue weighted by Crippen LogP contribution is -2.29. The normalized spacial score (nSPS) is 13.6. The Morgan fingerprint density at radius 2 is 1.80 bits per heavy atom. The summed E-state index contributed by atoms with van der Waals surface area (Å²) in [6, 6.07) is 10.2. The van der Waals surface area contributed by atoms with Crippen molar-refractivity contribution in [1.82, 2.24) is 0 Å². The predicted molar refractivity (Wildman–Crippen MR) is 63.9 cm³/mol. The fourth-order valence-corrected chi connectivity index (χ4v) is 1.86. The van der Waals surface area contributed by atoms with Crippen LogP contribution in [0.25, 0.3) is 0 Å². The Kier molecular flexibility index (Phi) is 3.67. The highest BCUT2D eigenvalue weighted by molar-refractivity contribution is 5.84. The topological polar surface area (TPSA) is 17.1 Å². The van der Waals surface area contributed by atoms with Gasteiger partial charge in [-0.15, -0.1) is 0 Å². The molecule has 1 aromatic rings. The molecular formula is C14H20O. The molecule has 0 aromatic heterocycles. The maximum Gasteiger partial charge on any atom is 0.138 e. The van der Waals surface area contributed by atoms with Gasteiger partial charge in [-0.1, -0.05) is 58.0 Å². The molecule has 0 spiro atoms. The van der Waals surface area contributed by atoms with Crippen molar-refractivity contribution in [3.8, 4) is 0 Å². The summed E-state index contributed by atoms with van der Waals surface area (Å²) in [6.07, 6.45) is 0.615. The van der Waals surface area contributed by atoms with Crippen molar-refractivity contribution >= 4 is 5.78 Å². The molecule has 1 aromatic carbocycles. The van der Waals surface area contributed by atoms with Crippen molar-refractivity contribution in [3.63, 3.8) is 0 Å². The Bertz CT molecular complexity index is 324. The van der Waals surface area contributed by atoms with E-state index in [9.17, 15) is 4.79 Å². The van der Waals surface area contributed by atoms with Crippen LogP contribution in [-0.4, -0.2) is 5.78 Å². The molecule has 0 fully saturated rings. The molecule has 15 heavy (non-hydrogen) atoms. The lowest BCUT2D eigenvalue weighted by atomic mass is 9.72. The van der Waals surface area contributed by atoms with Crippen LogP contribution in [0, 0.1) is 5.41 Å². The van der Waals surface area contributed by atoms with Gasteiger partial charge in [0.25, 0.3) is 0 Å². The van der Waals surface area contributed by atoms with E-state index < -0.39 is 0 Å². The molecule has 0 N–H and O–H groups in total. The molecule has 0 saturated heterocycles. The minimum Gasteiger partial charge on any atom is -0.299 e. The molecule has 1 heteroatoms. The highest BCUT2D eigenvalue weighted by atomic mass is 16.1. The number of carbonyl (C=O) groups excluding carboxylic acids is 1. The fourth-order valence-electron chi connectivity index (χ4n) is 1.86. The van der Waals surface area contributed by atoms with Crippen molar-refractivity contribution in [2.75, 3.05) is 0 Å². The zero-order chi connectivity index (χ0) is 11.5. The molecular weight excluding hydrogens is 184 g/mol. The van der Waals surface area contributed by atoms with Crippen LogP contribution in [0.5, 0.6) is 0 Å². The van der Waals surface area contributed by atoms with Gasteiger partial charge in [-0.2, -0.15) is 0 Å². The molecule has 0 amide bonds. The molecule has 1 atom stereocenters. The summed E-state index contributed by atoms with van der Waals surface area (Å²) < 4.78 is 0. The van der Waals surface area contributed by atoms with E-state index in [0.29, 0.717) is 12.2 Å². The summed E-state index contributed by atoms with van der Waals surface area (Å²) in [7, 11) is 0. The van der Waals surface area contributed by atoms with E-state index >= 15 is 0 Å². The Morgan fingerprint density at radius 3 is 2.27 bits per heavy atom. The summed E-state index contributed by atoms with van der Waals surface area (Å²) in [6.45, 7) is 8.14. The second-order valence-electron chi connectivity index (χ2n) is 4.63. The van der Waals surface area contributed by atoms with Gasteiger partial charge in [-0.05, 0) is 11.5 Å². The van der Waals surface area contributed by atoms with Crippen LogP contribution in [0.15, 0.2) is 30.3 Å². The van der Waals surface area contributed by atoms with E-state index in [4.69, 9.17) is 0 Å². The number of ketones is 1. The number of Topliss-reactive ketones (excluding diaryl/α,β-unsaturated/α-hetero) is 1. The maximum absolute atomic E-state index is 11.8. The standard InChI is InChI=1S/C14H20O/c1-5-13(15)14(3,4)11(2)12-9-7-6-8-10-12/h6-11H,5H2,1-4H3/t11-/m0/s1. The van der Waals surface area contributed by atoms with E-state index in [1.165, 1.54) is 5.56 Å². The van der Waals surface area contributed by atoms with Gasteiger partial charge >= 0.3 is 0 Å². The predicted octanol–water partition coefficient (Wildman–Crippen LogP) is 3.80. The first kappa shape index (κ1) is 12.0. The van der Waals surface area contributed by atoms with Crippen molar-refractivity contribution in [2.45, 2.75) is 40.0 Å². The van der Waals surface area contributed by atoms with Crippen LogP contribution in [0.4, 0.5) is 0 Å². The summed E-state index contributed by atoms with van der Waals surface area (Å²) in [4.78, 5) is 11.8. The van der Waals surface area contributed by atoms with Crippen molar-refractivity contribution < 1.29 is 4.79 Å². The summed E-state index contributed by atoms with van der Waals surface area (Å²) >= 11 is 0. The summed E-state index contributed by atoms with van der Waals surface area (Å²) in [5, 5.41) is 0. The molecule has 0 aliphatic carbocycles. The number of carbonyl (C=O) groups is 1. The third kappa shape index (κ3) is 2.47. The Balaban J connectivity index is 2.94. The van der Waals surface area contributed by atoms with Gasteiger partial charge in [0.15, 0.2) is 0 Å². The second-order valence-corrected chi connectivity index (χ2v) is 4.63. The molecule has 0 radical (unpaired) electrons. The third-order valence-electron chi connectivity index (χ3n) is 3.42. The first-order valence-corrected chi connectivity index (χ1v) is 5.58. The third-order valence-corrected chi connectivity index (χ3v) is 3.42.